The average Bonchev–Trinajstić information content (AvgIpc) is 2.92. The molecule has 0 bridgehead atoms. The SMILES string of the molecule is CC1(C)CC(=O)C2=C(C1)Nc1nnnn1[C@@H]2c1ccc(Cl)cc1. The Morgan fingerprint density at radius 2 is 2.00 bits per heavy atom. The van der Waals surface area contributed by atoms with Crippen molar-refractivity contribution in [2.75, 3.05) is 5.32 Å². The summed E-state index contributed by atoms with van der Waals surface area (Å²) in [7, 11) is 0. The lowest BCUT2D eigenvalue weighted by Gasteiger charge is -2.37. The first kappa shape index (κ1) is 14.4. The number of nitrogens with zero attached hydrogens (tertiary/aromatic N) is 4. The van der Waals surface area contributed by atoms with E-state index in [0.29, 0.717) is 17.4 Å². The van der Waals surface area contributed by atoms with Crippen LogP contribution in [0.4, 0.5) is 5.95 Å². The van der Waals surface area contributed by atoms with E-state index < -0.39 is 0 Å². The number of benzene rings is 1. The third-order valence-corrected chi connectivity index (χ3v) is 4.63. The molecule has 2 heterocycles. The number of carbonyl (C=O) groups excluding carboxylic acids is 1. The standard InChI is InChI=1S/C16H16ClN5O/c1-16(2)7-11-13(12(23)8-16)14(9-3-5-10(17)6-4-9)22-15(18-11)19-20-21-22/h3-6,14H,7-8H2,1-2H3,(H,18,19,21)/t14-/m1/s1. The third-order valence-electron chi connectivity index (χ3n) is 4.38. The summed E-state index contributed by atoms with van der Waals surface area (Å²) < 4.78 is 1.66. The zero-order valence-corrected chi connectivity index (χ0v) is 13.6. The number of aromatic nitrogens is 4. The molecule has 7 heteroatoms. The van der Waals surface area contributed by atoms with Gasteiger partial charge in [-0.05, 0) is 40.0 Å². The van der Waals surface area contributed by atoms with Gasteiger partial charge in [0.2, 0.25) is 5.95 Å². The molecule has 1 aromatic heterocycles. The minimum absolute atomic E-state index is 0.0664. The molecule has 1 aromatic carbocycles. The van der Waals surface area contributed by atoms with Crippen molar-refractivity contribution in [3.05, 3.63) is 46.1 Å². The van der Waals surface area contributed by atoms with Crippen LogP contribution in [-0.4, -0.2) is 26.0 Å². The molecule has 118 valence electrons. The van der Waals surface area contributed by atoms with E-state index in [1.54, 1.807) is 4.68 Å². The maximum absolute atomic E-state index is 12.8. The molecule has 2 aromatic rings. The lowest BCUT2D eigenvalue weighted by molar-refractivity contribution is -0.118. The molecule has 1 aliphatic heterocycles. The molecule has 0 spiro atoms. The molecule has 1 atom stereocenters. The fourth-order valence-electron chi connectivity index (χ4n) is 3.42. The number of ketones is 1. The van der Waals surface area contributed by atoms with Gasteiger partial charge in [0.05, 0.1) is 0 Å². The van der Waals surface area contributed by atoms with Crippen molar-refractivity contribution in [1.29, 1.82) is 0 Å². The van der Waals surface area contributed by atoms with Gasteiger partial charge in [-0.1, -0.05) is 42.7 Å². The van der Waals surface area contributed by atoms with Crippen molar-refractivity contribution in [3.63, 3.8) is 0 Å². The highest BCUT2D eigenvalue weighted by Gasteiger charge is 2.41. The second kappa shape index (κ2) is 4.89. The Hall–Kier alpha value is -2.21. The number of hydrogen-bond donors (Lipinski definition) is 1. The van der Waals surface area contributed by atoms with Gasteiger partial charge in [-0.3, -0.25) is 4.79 Å². The highest BCUT2D eigenvalue weighted by Crippen LogP contribution is 2.44. The van der Waals surface area contributed by atoms with E-state index in [0.717, 1.165) is 23.3 Å². The molecule has 0 radical (unpaired) electrons. The number of anilines is 1. The number of carbonyl (C=O) groups is 1. The topological polar surface area (TPSA) is 72.7 Å². The van der Waals surface area contributed by atoms with Gasteiger partial charge >= 0.3 is 0 Å². The molecule has 0 saturated carbocycles. The average molecular weight is 330 g/mol. The van der Waals surface area contributed by atoms with Crippen molar-refractivity contribution >= 4 is 23.3 Å². The van der Waals surface area contributed by atoms with E-state index >= 15 is 0 Å². The van der Waals surface area contributed by atoms with Crippen molar-refractivity contribution < 1.29 is 4.79 Å². The summed E-state index contributed by atoms with van der Waals surface area (Å²) in [6.45, 7) is 4.20. The van der Waals surface area contributed by atoms with Crippen LogP contribution in [0.25, 0.3) is 0 Å². The Balaban J connectivity index is 1.89. The van der Waals surface area contributed by atoms with Crippen LogP contribution in [0.1, 0.15) is 38.3 Å². The summed E-state index contributed by atoms with van der Waals surface area (Å²) in [5.74, 6) is 0.707. The van der Waals surface area contributed by atoms with Crippen LogP contribution < -0.4 is 5.32 Å². The molecule has 1 aliphatic carbocycles. The van der Waals surface area contributed by atoms with Gasteiger partial charge in [0.25, 0.3) is 0 Å². The molecular weight excluding hydrogens is 314 g/mol. The fraction of sp³-hybridized carbons (Fsp3) is 0.375. The Kier molecular flexibility index (Phi) is 3.06. The molecular formula is C16H16ClN5O. The maximum Gasteiger partial charge on any atom is 0.248 e. The maximum atomic E-state index is 12.8. The van der Waals surface area contributed by atoms with Crippen molar-refractivity contribution in [1.82, 2.24) is 20.2 Å². The van der Waals surface area contributed by atoms with E-state index in [2.05, 4.69) is 34.7 Å². The van der Waals surface area contributed by atoms with Gasteiger partial charge in [-0.2, -0.15) is 4.68 Å². The molecule has 1 N–H and O–H groups in total. The number of nitrogens with one attached hydrogen (secondary N) is 1. The Morgan fingerprint density at radius 3 is 2.74 bits per heavy atom. The highest BCUT2D eigenvalue weighted by molar-refractivity contribution is 6.30. The quantitative estimate of drug-likeness (QED) is 0.870. The predicted octanol–water partition coefficient (Wildman–Crippen LogP) is 2.98. The van der Waals surface area contributed by atoms with Crippen molar-refractivity contribution in [2.24, 2.45) is 5.41 Å². The van der Waals surface area contributed by atoms with E-state index in [-0.39, 0.29) is 17.2 Å². The normalized spacial score (nSPS) is 22.4. The van der Waals surface area contributed by atoms with Crippen LogP contribution in [0.3, 0.4) is 0 Å². The number of Topliss-reactive ketones (excluding diaryl/α,β-unsaturated/α-hetero) is 1. The molecule has 4 rings (SSSR count). The van der Waals surface area contributed by atoms with Gasteiger partial charge in [0, 0.05) is 22.7 Å². The van der Waals surface area contributed by atoms with Gasteiger partial charge < -0.3 is 5.32 Å². The van der Waals surface area contributed by atoms with Crippen molar-refractivity contribution in [3.8, 4) is 0 Å². The summed E-state index contributed by atoms with van der Waals surface area (Å²) in [5.41, 5.74) is 2.56. The van der Waals surface area contributed by atoms with E-state index in [1.165, 1.54) is 0 Å². The smallest absolute Gasteiger partial charge is 0.248 e. The van der Waals surface area contributed by atoms with Crippen LogP contribution >= 0.6 is 11.6 Å². The van der Waals surface area contributed by atoms with Gasteiger partial charge in [-0.15, -0.1) is 0 Å². The lowest BCUT2D eigenvalue weighted by Crippen LogP contribution is -2.36. The van der Waals surface area contributed by atoms with Crippen LogP contribution in [0.5, 0.6) is 0 Å². The van der Waals surface area contributed by atoms with Gasteiger partial charge in [-0.25, -0.2) is 0 Å². The highest BCUT2D eigenvalue weighted by atomic mass is 35.5. The van der Waals surface area contributed by atoms with Gasteiger partial charge in [0.1, 0.15) is 6.04 Å². The largest absolute Gasteiger partial charge is 0.326 e. The molecule has 0 fully saturated rings. The summed E-state index contributed by atoms with van der Waals surface area (Å²) >= 11 is 5.99. The van der Waals surface area contributed by atoms with Crippen LogP contribution in [0, 0.1) is 5.41 Å². The summed E-state index contributed by atoms with van der Waals surface area (Å²) in [6.07, 6.45) is 1.32. The first-order valence-electron chi connectivity index (χ1n) is 7.51. The second-order valence-electron chi connectivity index (χ2n) is 6.86. The van der Waals surface area contributed by atoms with E-state index in [4.69, 9.17) is 11.6 Å². The zero-order valence-electron chi connectivity index (χ0n) is 12.9. The summed E-state index contributed by atoms with van der Waals surface area (Å²) in [4.78, 5) is 12.8. The third kappa shape index (κ3) is 2.34. The lowest BCUT2D eigenvalue weighted by atomic mass is 9.73. The number of hydrogen-bond acceptors (Lipinski definition) is 5. The molecule has 23 heavy (non-hydrogen) atoms. The first-order valence-corrected chi connectivity index (χ1v) is 7.89. The number of allylic oxidation sites excluding steroid dienone is 2. The summed E-state index contributed by atoms with van der Waals surface area (Å²) in [5, 5.41) is 15.8. The van der Waals surface area contributed by atoms with Crippen LogP contribution in [-0.2, 0) is 4.79 Å². The Bertz CT molecular complexity index is 821. The second-order valence-corrected chi connectivity index (χ2v) is 7.30. The summed E-state index contributed by atoms with van der Waals surface area (Å²) in [6, 6.07) is 7.17. The van der Waals surface area contributed by atoms with Crippen LogP contribution in [0.2, 0.25) is 5.02 Å². The number of fused-ring (bicyclic) bond motifs is 1. The van der Waals surface area contributed by atoms with E-state index in [1.807, 2.05) is 24.3 Å². The first-order chi connectivity index (χ1) is 10.9. The van der Waals surface area contributed by atoms with Crippen LogP contribution in [0.15, 0.2) is 35.5 Å². The molecule has 0 amide bonds. The minimum Gasteiger partial charge on any atom is -0.326 e. The molecule has 0 saturated heterocycles. The van der Waals surface area contributed by atoms with Crippen molar-refractivity contribution in [2.45, 2.75) is 32.7 Å². The fourth-order valence-corrected chi connectivity index (χ4v) is 3.55. The number of halogens is 1. The molecule has 0 unspecified atom stereocenters. The monoisotopic (exact) mass is 329 g/mol. The zero-order chi connectivity index (χ0) is 16.2. The minimum atomic E-state index is -0.308. The Morgan fingerprint density at radius 1 is 1.26 bits per heavy atom. The number of tetrazole rings is 1. The van der Waals surface area contributed by atoms with Gasteiger partial charge in [0.15, 0.2) is 5.78 Å². The van der Waals surface area contributed by atoms with E-state index in [9.17, 15) is 4.79 Å². The number of rotatable bonds is 1. The molecule has 2 aliphatic rings. The predicted molar refractivity (Wildman–Crippen MR) is 86.1 cm³/mol. The Labute approximate surface area is 138 Å². The molecule has 6 nitrogen and oxygen atoms in total.